The predicted octanol–water partition coefficient (Wildman–Crippen LogP) is 3.08. The molecule has 7 heteroatoms. The Morgan fingerprint density at radius 1 is 1.24 bits per heavy atom. The Bertz CT molecular complexity index is 992. The smallest absolute Gasteiger partial charge is 0.150 e. The van der Waals surface area contributed by atoms with Gasteiger partial charge in [-0.25, -0.2) is 9.97 Å². The molecule has 3 aromatic rings. The zero-order valence-corrected chi connectivity index (χ0v) is 17.0. The molecule has 29 heavy (non-hydrogen) atoms. The lowest BCUT2D eigenvalue weighted by atomic mass is 10.1. The first-order chi connectivity index (χ1) is 14.2. The van der Waals surface area contributed by atoms with Crippen LogP contribution < -0.4 is 11.5 Å². The van der Waals surface area contributed by atoms with Crippen LogP contribution in [0.4, 0.5) is 5.82 Å². The average Bonchev–Trinajstić information content (AvgIpc) is 3.39. The van der Waals surface area contributed by atoms with Gasteiger partial charge in [0, 0.05) is 30.1 Å². The van der Waals surface area contributed by atoms with Crippen LogP contribution in [0.3, 0.4) is 0 Å². The first-order valence-corrected chi connectivity index (χ1v) is 9.84. The third kappa shape index (κ3) is 4.06. The number of rotatable bonds is 5. The second-order valence-corrected chi connectivity index (χ2v) is 6.81. The molecule has 0 unspecified atom stereocenters. The second kappa shape index (κ2) is 9.45. The first-order valence-electron chi connectivity index (χ1n) is 9.84. The summed E-state index contributed by atoms with van der Waals surface area (Å²) in [4.78, 5) is 22.7. The van der Waals surface area contributed by atoms with Crippen LogP contribution in [-0.4, -0.2) is 45.7 Å². The van der Waals surface area contributed by atoms with Crippen molar-refractivity contribution in [1.82, 2.24) is 19.3 Å². The summed E-state index contributed by atoms with van der Waals surface area (Å²) in [6.07, 6.45) is 11.0. The number of aldehydes is 1. The number of carbonyl (C=O) groups excluding carboxylic acids is 1. The summed E-state index contributed by atoms with van der Waals surface area (Å²) in [6.45, 7) is 4.03. The van der Waals surface area contributed by atoms with Gasteiger partial charge < -0.3 is 11.5 Å². The quantitative estimate of drug-likeness (QED) is 0.511. The van der Waals surface area contributed by atoms with E-state index in [4.69, 9.17) is 10.7 Å². The summed E-state index contributed by atoms with van der Waals surface area (Å²) in [5.74, 6) is 1.46. The largest absolute Gasteiger partial charge is 0.382 e. The highest BCUT2D eigenvalue weighted by Gasteiger charge is 2.30. The molecule has 0 aliphatic carbocycles. The summed E-state index contributed by atoms with van der Waals surface area (Å²) in [6, 6.07) is 7.67. The molecule has 0 amide bonds. The molecule has 1 saturated heterocycles. The van der Waals surface area contributed by atoms with Crippen LogP contribution in [0.25, 0.3) is 16.8 Å². The Morgan fingerprint density at radius 3 is 2.69 bits per heavy atom. The number of fused-ring (bicyclic) bond motifs is 1. The monoisotopic (exact) mass is 392 g/mol. The minimum Gasteiger partial charge on any atom is -0.382 e. The molecule has 1 aliphatic heterocycles. The van der Waals surface area contributed by atoms with Crippen LogP contribution in [0.15, 0.2) is 48.8 Å². The number of hydrogen-bond acceptors (Lipinski definition) is 6. The zero-order chi connectivity index (χ0) is 20.8. The topological polar surface area (TPSA) is 103 Å². The highest BCUT2D eigenvalue weighted by Crippen LogP contribution is 2.36. The van der Waals surface area contributed by atoms with E-state index in [1.807, 2.05) is 25.3 Å². The van der Waals surface area contributed by atoms with Crippen molar-refractivity contribution in [3.8, 4) is 11.3 Å². The Kier molecular flexibility index (Phi) is 6.74. The minimum absolute atomic E-state index is 0.249. The molecular formula is C22H28N6O. The third-order valence-corrected chi connectivity index (χ3v) is 5.17. The van der Waals surface area contributed by atoms with Crippen LogP contribution in [0.1, 0.15) is 42.0 Å². The standard InChI is InChI=1S/C21H23N5O.CH5N/c1-2-3-11-25-12-4-5-17(25)21-24-18(16-8-6-15(14-27)7-9-16)19-20(22)23-10-13-26(19)21;1-2/h2-3,6-10,13-14,17H,4-5,11-12H2,1H3,(H2,22,23);2H2,1H3/b3-2+;/t17-;/m0./s1. The Labute approximate surface area is 171 Å². The molecule has 1 aromatic carbocycles. The molecule has 0 saturated carbocycles. The van der Waals surface area contributed by atoms with Crippen molar-refractivity contribution >= 4 is 17.6 Å². The van der Waals surface area contributed by atoms with E-state index in [0.717, 1.165) is 54.8 Å². The number of anilines is 1. The number of aromatic nitrogens is 3. The molecule has 152 valence electrons. The van der Waals surface area contributed by atoms with Gasteiger partial charge in [0.25, 0.3) is 0 Å². The lowest BCUT2D eigenvalue weighted by Crippen LogP contribution is -2.24. The Balaban J connectivity index is 0.00000117. The van der Waals surface area contributed by atoms with Gasteiger partial charge in [-0.05, 0) is 33.4 Å². The fourth-order valence-electron chi connectivity index (χ4n) is 3.82. The number of nitrogens with two attached hydrogens (primary N) is 2. The van der Waals surface area contributed by atoms with Gasteiger partial charge in [0.1, 0.15) is 29.1 Å². The Morgan fingerprint density at radius 2 is 2.00 bits per heavy atom. The molecule has 0 bridgehead atoms. The van der Waals surface area contributed by atoms with Crippen LogP contribution in [0.5, 0.6) is 0 Å². The molecule has 2 aromatic heterocycles. The summed E-state index contributed by atoms with van der Waals surface area (Å²) in [5, 5.41) is 0. The highest BCUT2D eigenvalue weighted by molar-refractivity contribution is 5.86. The fraction of sp³-hybridized carbons (Fsp3) is 0.318. The van der Waals surface area contributed by atoms with Gasteiger partial charge in [0.2, 0.25) is 0 Å². The van der Waals surface area contributed by atoms with Gasteiger partial charge in [-0.3, -0.25) is 14.1 Å². The van der Waals surface area contributed by atoms with Crippen LogP contribution >= 0.6 is 0 Å². The third-order valence-electron chi connectivity index (χ3n) is 5.17. The maximum absolute atomic E-state index is 11.0. The summed E-state index contributed by atoms with van der Waals surface area (Å²) in [7, 11) is 1.50. The van der Waals surface area contributed by atoms with E-state index >= 15 is 0 Å². The predicted molar refractivity (Wildman–Crippen MR) is 117 cm³/mol. The lowest BCUT2D eigenvalue weighted by molar-refractivity contribution is 0.112. The molecular weight excluding hydrogens is 364 g/mol. The number of likely N-dealkylation sites (tertiary alicyclic amines) is 1. The second-order valence-electron chi connectivity index (χ2n) is 6.81. The minimum atomic E-state index is 0.249. The number of imidazole rings is 1. The van der Waals surface area contributed by atoms with E-state index in [9.17, 15) is 4.79 Å². The zero-order valence-electron chi connectivity index (χ0n) is 17.0. The molecule has 3 heterocycles. The number of hydrogen-bond donors (Lipinski definition) is 2. The molecule has 4 rings (SSSR count). The van der Waals surface area contributed by atoms with Crippen molar-refractivity contribution in [2.45, 2.75) is 25.8 Å². The Hall–Kier alpha value is -3.03. The summed E-state index contributed by atoms with van der Waals surface area (Å²) < 4.78 is 2.07. The van der Waals surface area contributed by atoms with Gasteiger partial charge in [0.15, 0.2) is 0 Å². The molecule has 0 radical (unpaired) electrons. The van der Waals surface area contributed by atoms with Gasteiger partial charge >= 0.3 is 0 Å². The van der Waals surface area contributed by atoms with Crippen LogP contribution in [0, 0.1) is 0 Å². The molecule has 7 nitrogen and oxygen atoms in total. The van der Waals surface area contributed by atoms with Crippen LogP contribution in [-0.2, 0) is 0 Å². The molecule has 0 spiro atoms. The van der Waals surface area contributed by atoms with Gasteiger partial charge in [-0.15, -0.1) is 0 Å². The molecule has 1 atom stereocenters. The normalized spacial score (nSPS) is 16.9. The number of nitrogens with zero attached hydrogens (tertiary/aromatic N) is 4. The maximum Gasteiger partial charge on any atom is 0.150 e. The van der Waals surface area contributed by atoms with Crippen molar-refractivity contribution in [3.63, 3.8) is 0 Å². The number of allylic oxidation sites excluding steroid dienone is 1. The van der Waals surface area contributed by atoms with E-state index in [0.29, 0.717) is 11.4 Å². The lowest BCUT2D eigenvalue weighted by Gasteiger charge is -2.22. The van der Waals surface area contributed by atoms with E-state index in [2.05, 4.69) is 32.2 Å². The van der Waals surface area contributed by atoms with Crippen molar-refractivity contribution < 1.29 is 4.79 Å². The SMILES string of the molecule is C/C=C/CN1CCC[C@H]1c1nc(-c2ccc(C=O)cc2)c2c(N)nccn12.CN. The van der Waals surface area contributed by atoms with Gasteiger partial charge in [0.05, 0.1) is 6.04 Å². The number of benzene rings is 1. The van der Waals surface area contributed by atoms with Crippen LogP contribution in [0.2, 0.25) is 0 Å². The molecule has 1 aliphatic rings. The summed E-state index contributed by atoms with van der Waals surface area (Å²) in [5.41, 5.74) is 13.9. The van der Waals surface area contributed by atoms with E-state index in [1.54, 1.807) is 18.3 Å². The summed E-state index contributed by atoms with van der Waals surface area (Å²) >= 11 is 0. The fourth-order valence-corrected chi connectivity index (χ4v) is 3.82. The van der Waals surface area contributed by atoms with Crippen molar-refractivity contribution in [3.05, 3.63) is 60.2 Å². The number of nitrogen functional groups attached to an aromatic ring is 1. The highest BCUT2D eigenvalue weighted by atomic mass is 16.1. The molecule has 4 N–H and O–H groups in total. The van der Waals surface area contributed by atoms with E-state index in [-0.39, 0.29) is 6.04 Å². The average molecular weight is 393 g/mol. The van der Waals surface area contributed by atoms with E-state index < -0.39 is 0 Å². The van der Waals surface area contributed by atoms with Gasteiger partial charge in [-0.2, -0.15) is 0 Å². The van der Waals surface area contributed by atoms with Crippen molar-refractivity contribution in [1.29, 1.82) is 0 Å². The van der Waals surface area contributed by atoms with Gasteiger partial charge in [-0.1, -0.05) is 36.4 Å². The van der Waals surface area contributed by atoms with Crippen molar-refractivity contribution in [2.24, 2.45) is 5.73 Å². The van der Waals surface area contributed by atoms with Crippen molar-refractivity contribution in [2.75, 3.05) is 25.9 Å². The van der Waals surface area contributed by atoms with E-state index in [1.165, 1.54) is 7.05 Å². The first kappa shape index (κ1) is 20.7. The number of carbonyl (C=O) groups is 1. The maximum atomic E-state index is 11.0. The molecule has 1 fully saturated rings.